The maximum absolute atomic E-state index is 13.4. The molecule has 2 fully saturated rings. The summed E-state index contributed by atoms with van der Waals surface area (Å²) in [6.45, 7) is 9.05. The minimum absolute atomic E-state index is 0.0265. The van der Waals surface area contributed by atoms with Gasteiger partial charge in [0.1, 0.15) is 6.10 Å². The van der Waals surface area contributed by atoms with E-state index in [4.69, 9.17) is 19.6 Å². The third-order valence-electron chi connectivity index (χ3n) is 6.07. The number of alkyl carbamates (subject to hydrolysis) is 1. The molecule has 2 N–H and O–H groups in total. The van der Waals surface area contributed by atoms with E-state index in [9.17, 15) is 9.59 Å². The molecule has 2 aromatic heterocycles. The van der Waals surface area contributed by atoms with Crippen molar-refractivity contribution in [2.24, 2.45) is 0 Å². The van der Waals surface area contributed by atoms with Crippen LogP contribution in [0.25, 0.3) is 11.0 Å². The van der Waals surface area contributed by atoms with Gasteiger partial charge in [0.2, 0.25) is 0 Å². The smallest absolute Gasteiger partial charge is 0.407 e. The Bertz CT molecular complexity index is 983. The second kappa shape index (κ2) is 10.5. The first kappa shape index (κ1) is 23.4. The van der Waals surface area contributed by atoms with Gasteiger partial charge in [-0.15, -0.1) is 0 Å². The second-order valence-electron chi connectivity index (χ2n) is 8.65. The van der Waals surface area contributed by atoms with Crippen molar-refractivity contribution in [3.8, 4) is 0 Å². The molecule has 1 saturated heterocycles. The largest absolute Gasteiger partial charge is 0.450 e. The molecule has 1 aliphatic carbocycles. The monoisotopic (exact) mass is 458 g/mol. The summed E-state index contributed by atoms with van der Waals surface area (Å²) in [4.78, 5) is 31.6. The Morgan fingerprint density at radius 2 is 2.21 bits per heavy atom. The van der Waals surface area contributed by atoms with Gasteiger partial charge in [-0.3, -0.25) is 4.79 Å². The Labute approximate surface area is 194 Å². The summed E-state index contributed by atoms with van der Waals surface area (Å²) in [5.41, 5.74) is 2.55. The third kappa shape index (κ3) is 5.44. The molecule has 4 rings (SSSR count). The number of aryl methyl sites for hydroxylation is 2. The number of nitrogens with zero attached hydrogens (tertiary/aromatic N) is 4. The molecular formula is C23H34N6O4. The van der Waals surface area contributed by atoms with Gasteiger partial charge in [-0.1, -0.05) is 0 Å². The van der Waals surface area contributed by atoms with Gasteiger partial charge in [-0.2, -0.15) is 5.10 Å². The SMILES string of the molecule is CCOC(=O)NCCCn1nc([C@@H](C)N(C(=O)[C@H]2CNCCO2)C2CC2)c2ccc(C)nc21. The fourth-order valence-corrected chi connectivity index (χ4v) is 4.30. The number of hydrogen-bond donors (Lipinski definition) is 2. The zero-order chi connectivity index (χ0) is 23.4. The summed E-state index contributed by atoms with van der Waals surface area (Å²) in [5, 5.41) is 11.8. The van der Waals surface area contributed by atoms with E-state index in [-0.39, 0.29) is 18.0 Å². The van der Waals surface area contributed by atoms with Crippen LogP contribution in [0.3, 0.4) is 0 Å². The molecule has 2 amide bonds. The van der Waals surface area contributed by atoms with Crippen molar-refractivity contribution < 1.29 is 19.1 Å². The van der Waals surface area contributed by atoms with Gasteiger partial charge in [0.05, 0.1) is 24.9 Å². The van der Waals surface area contributed by atoms with Gasteiger partial charge in [-0.05, 0) is 52.2 Å². The lowest BCUT2D eigenvalue weighted by atomic mass is 10.1. The van der Waals surface area contributed by atoms with Crippen LogP contribution in [0.4, 0.5) is 4.79 Å². The van der Waals surface area contributed by atoms with Crippen LogP contribution < -0.4 is 10.6 Å². The van der Waals surface area contributed by atoms with Crippen LogP contribution in [-0.4, -0.2) is 76.7 Å². The van der Waals surface area contributed by atoms with E-state index >= 15 is 0 Å². The Kier molecular flexibility index (Phi) is 7.44. The quantitative estimate of drug-likeness (QED) is 0.552. The molecule has 1 aliphatic heterocycles. The minimum Gasteiger partial charge on any atom is -0.450 e. The van der Waals surface area contributed by atoms with Crippen molar-refractivity contribution in [1.29, 1.82) is 0 Å². The molecule has 0 radical (unpaired) electrons. The molecule has 0 bridgehead atoms. The van der Waals surface area contributed by atoms with Crippen molar-refractivity contribution >= 4 is 23.0 Å². The fourth-order valence-electron chi connectivity index (χ4n) is 4.30. The van der Waals surface area contributed by atoms with Gasteiger partial charge in [0.25, 0.3) is 5.91 Å². The van der Waals surface area contributed by atoms with Gasteiger partial charge >= 0.3 is 6.09 Å². The number of pyridine rings is 1. The summed E-state index contributed by atoms with van der Waals surface area (Å²) < 4.78 is 12.5. The zero-order valence-electron chi connectivity index (χ0n) is 19.7. The Morgan fingerprint density at radius 1 is 1.39 bits per heavy atom. The average molecular weight is 459 g/mol. The van der Waals surface area contributed by atoms with Crippen molar-refractivity contribution in [2.45, 2.75) is 64.8 Å². The Hall–Kier alpha value is -2.72. The number of fused-ring (bicyclic) bond motifs is 1. The van der Waals surface area contributed by atoms with Crippen molar-refractivity contribution in [1.82, 2.24) is 30.3 Å². The molecule has 33 heavy (non-hydrogen) atoms. The van der Waals surface area contributed by atoms with E-state index in [0.717, 1.165) is 41.8 Å². The Balaban J connectivity index is 1.54. The fraction of sp³-hybridized carbons (Fsp3) is 0.652. The summed E-state index contributed by atoms with van der Waals surface area (Å²) in [6.07, 6.45) is 1.83. The number of morpholine rings is 1. The van der Waals surface area contributed by atoms with Crippen LogP contribution in [-0.2, 0) is 20.8 Å². The van der Waals surface area contributed by atoms with E-state index in [1.807, 2.05) is 35.6 Å². The first-order valence-corrected chi connectivity index (χ1v) is 11.9. The van der Waals surface area contributed by atoms with Gasteiger partial charge in [0.15, 0.2) is 5.65 Å². The molecule has 0 aromatic carbocycles. The number of ether oxygens (including phenoxy) is 2. The summed E-state index contributed by atoms with van der Waals surface area (Å²) >= 11 is 0. The highest BCUT2D eigenvalue weighted by Gasteiger charge is 2.41. The van der Waals surface area contributed by atoms with Crippen molar-refractivity contribution in [3.05, 3.63) is 23.5 Å². The third-order valence-corrected chi connectivity index (χ3v) is 6.07. The molecule has 10 heteroatoms. The van der Waals surface area contributed by atoms with Crippen LogP contribution >= 0.6 is 0 Å². The first-order chi connectivity index (χ1) is 16.0. The number of amides is 2. The van der Waals surface area contributed by atoms with Crippen LogP contribution in [0.5, 0.6) is 0 Å². The Morgan fingerprint density at radius 3 is 2.91 bits per heavy atom. The van der Waals surface area contributed by atoms with E-state index in [1.54, 1.807) is 6.92 Å². The van der Waals surface area contributed by atoms with Crippen molar-refractivity contribution in [3.63, 3.8) is 0 Å². The average Bonchev–Trinajstić information content (AvgIpc) is 3.58. The molecule has 2 aliphatic rings. The number of carbonyl (C=O) groups excluding carboxylic acids is 2. The topological polar surface area (TPSA) is 111 Å². The van der Waals surface area contributed by atoms with Gasteiger partial charge < -0.3 is 25.0 Å². The van der Waals surface area contributed by atoms with E-state index in [2.05, 4.69) is 10.6 Å². The highest BCUT2D eigenvalue weighted by atomic mass is 16.5. The number of aromatic nitrogens is 3. The highest BCUT2D eigenvalue weighted by molar-refractivity contribution is 5.84. The number of nitrogens with one attached hydrogen (secondary N) is 2. The molecule has 0 spiro atoms. The molecule has 1 saturated carbocycles. The van der Waals surface area contributed by atoms with Crippen LogP contribution in [0.2, 0.25) is 0 Å². The normalized spacial score (nSPS) is 19.3. The molecule has 2 aromatic rings. The predicted octanol–water partition coefficient (Wildman–Crippen LogP) is 1.92. The van der Waals surface area contributed by atoms with E-state index < -0.39 is 12.2 Å². The maximum Gasteiger partial charge on any atom is 0.407 e. The molecule has 2 atom stereocenters. The lowest BCUT2D eigenvalue weighted by molar-refractivity contribution is -0.148. The molecule has 3 heterocycles. The van der Waals surface area contributed by atoms with E-state index in [1.165, 1.54) is 0 Å². The first-order valence-electron chi connectivity index (χ1n) is 11.9. The minimum atomic E-state index is -0.454. The lowest BCUT2D eigenvalue weighted by Crippen LogP contribution is -2.50. The number of hydrogen-bond acceptors (Lipinski definition) is 7. The number of carbonyl (C=O) groups is 2. The molecule has 0 unspecified atom stereocenters. The summed E-state index contributed by atoms with van der Waals surface area (Å²) in [6, 6.07) is 4.05. The summed E-state index contributed by atoms with van der Waals surface area (Å²) in [7, 11) is 0. The molecular weight excluding hydrogens is 424 g/mol. The van der Waals surface area contributed by atoms with Crippen LogP contribution in [0, 0.1) is 6.92 Å². The predicted molar refractivity (Wildman–Crippen MR) is 123 cm³/mol. The standard InChI is InChI=1S/C23H34N6O4/c1-4-32-23(31)25-10-5-12-28-21-18(9-6-15(2)26-21)20(27-28)16(3)29(17-7-8-17)22(30)19-14-24-11-13-33-19/h6,9,16-17,19,24H,4-5,7-8,10-14H2,1-3H3,(H,25,31)/t16-,19-/m1/s1. The molecule has 180 valence electrons. The maximum atomic E-state index is 13.4. The zero-order valence-corrected chi connectivity index (χ0v) is 19.7. The van der Waals surface area contributed by atoms with Crippen molar-refractivity contribution in [2.75, 3.05) is 32.8 Å². The number of rotatable bonds is 9. The van der Waals surface area contributed by atoms with Gasteiger partial charge in [-0.25, -0.2) is 14.5 Å². The van der Waals surface area contributed by atoms with Crippen LogP contribution in [0.1, 0.15) is 50.5 Å². The second-order valence-corrected chi connectivity index (χ2v) is 8.65. The lowest BCUT2D eigenvalue weighted by Gasteiger charge is -2.33. The van der Waals surface area contributed by atoms with Gasteiger partial charge in [0, 0.05) is 43.3 Å². The van der Waals surface area contributed by atoms with Crippen LogP contribution in [0.15, 0.2) is 12.1 Å². The van der Waals surface area contributed by atoms with E-state index in [0.29, 0.717) is 39.3 Å². The molecule has 10 nitrogen and oxygen atoms in total. The summed E-state index contributed by atoms with van der Waals surface area (Å²) in [5.74, 6) is 0.0265. The highest BCUT2D eigenvalue weighted by Crippen LogP contribution is 2.37.